The molecular weight excluding hydrogens is 340 g/mol. The molecule has 7 heteroatoms. The number of ketones is 1. The second-order valence-corrected chi connectivity index (χ2v) is 8.33. The highest BCUT2D eigenvalue weighted by Gasteiger charge is 2.62. The molecule has 144 valence electrons. The summed E-state index contributed by atoms with van der Waals surface area (Å²) in [6.45, 7) is 5.75. The molecule has 3 saturated heterocycles. The molecule has 3 aliphatic heterocycles. The standard InChI is InChI=1S/C19H26O7/c1-10(2)13(20)15-12(11-9-22-18(24-11)5-3-6-18)14(21)16-17(23-15)26-19(25-16)7-4-8-19/h11-12,14-17,21H,1,3-9H2,2H3/t11?,12-,14-,15?,16+,17-/m0/s1. The molecule has 0 bridgehead atoms. The predicted octanol–water partition coefficient (Wildman–Crippen LogP) is 1.42. The summed E-state index contributed by atoms with van der Waals surface area (Å²) in [5.41, 5.74) is 0.389. The van der Waals surface area contributed by atoms with Crippen molar-refractivity contribution in [3.63, 3.8) is 0 Å². The summed E-state index contributed by atoms with van der Waals surface area (Å²) in [5, 5.41) is 11.1. The smallest absolute Gasteiger partial charge is 0.190 e. The van der Waals surface area contributed by atoms with Gasteiger partial charge >= 0.3 is 0 Å². The van der Waals surface area contributed by atoms with Crippen molar-refractivity contribution in [3.8, 4) is 0 Å². The summed E-state index contributed by atoms with van der Waals surface area (Å²) < 4.78 is 30.0. The first-order chi connectivity index (χ1) is 12.4. The van der Waals surface area contributed by atoms with Crippen LogP contribution in [0.25, 0.3) is 0 Å². The van der Waals surface area contributed by atoms with Gasteiger partial charge in [0.15, 0.2) is 23.6 Å². The molecule has 2 saturated carbocycles. The van der Waals surface area contributed by atoms with Gasteiger partial charge in [0.1, 0.15) is 12.2 Å². The van der Waals surface area contributed by atoms with E-state index in [4.69, 9.17) is 23.7 Å². The van der Waals surface area contributed by atoms with E-state index in [2.05, 4.69) is 6.58 Å². The maximum absolute atomic E-state index is 12.8. The first-order valence-corrected chi connectivity index (χ1v) is 9.63. The Morgan fingerprint density at radius 1 is 1.08 bits per heavy atom. The Morgan fingerprint density at radius 2 is 1.77 bits per heavy atom. The highest BCUT2D eigenvalue weighted by atomic mass is 16.8. The Morgan fingerprint density at radius 3 is 2.31 bits per heavy atom. The van der Waals surface area contributed by atoms with Crippen LogP contribution in [-0.4, -0.2) is 59.8 Å². The third-order valence-corrected chi connectivity index (χ3v) is 6.53. The lowest BCUT2D eigenvalue weighted by Gasteiger charge is -2.43. The lowest BCUT2D eigenvalue weighted by molar-refractivity contribution is -0.266. The molecule has 0 amide bonds. The maximum Gasteiger partial charge on any atom is 0.190 e. The number of carbonyl (C=O) groups is 1. The third kappa shape index (κ3) is 2.45. The van der Waals surface area contributed by atoms with Gasteiger partial charge in [-0.1, -0.05) is 6.58 Å². The van der Waals surface area contributed by atoms with Crippen molar-refractivity contribution in [3.05, 3.63) is 12.2 Å². The van der Waals surface area contributed by atoms with E-state index >= 15 is 0 Å². The molecule has 0 radical (unpaired) electrons. The van der Waals surface area contributed by atoms with Gasteiger partial charge in [-0.15, -0.1) is 0 Å². The molecule has 0 aromatic rings. The second kappa shape index (κ2) is 5.83. The normalized spacial score (nSPS) is 45.2. The van der Waals surface area contributed by atoms with Gasteiger partial charge in [0, 0.05) is 25.7 Å². The lowest BCUT2D eigenvalue weighted by atomic mass is 9.81. The summed E-state index contributed by atoms with van der Waals surface area (Å²) >= 11 is 0. The second-order valence-electron chi connectivity index (χ2n) is 8.33. The molecule has 2 unspecified atom stereocenters. The fourth-order valence-corrected chi connectivity index (χ4v) is 4.67. The number of fused-ring (bicyclic) bond motifs is 1. The van der Waals surface area contributed by atoms with Gasteiger partial charge in [-0.3, -0.25) is 4.79 Å². The Kier molecular flexibility index (Phi) is 3.88. The van der Waals surface area contributed by atoms with Crippen molar-refractivity contribution in [2.75, 3.05) is 6.61 Å². The van der Waals surface area contributed by atoms with E-state index in [0.29, 0.717) is 12.2 Å². The van der Waals surface area contributed by atoms with E-state index in [0.717, 1.165) is 38.5 Å². The van der Waals surface area contributed by atoms with Gasteiger partial charge in [0.25, 0.3) is 0 Å². The molecule has 3 heterocycles. The molecule has 0 aromatic heterocycles. The average molecular weight is 366 g/mol. The van der Waals surface area contributed by atoms with E-state index in [1.165, 1.54) is 0 Å². The zero-order valence-corrected chi connectivity index (χ0v) is 15.0. The van der Waals surface area contributed by atoms with Crippen LogP contribution in [0.1, 0.15) is 45.4 Å². The van der Waals surface area contributed by atoms with Gasteiger partial charge in [0.2, 0.25) is 0 Å². The molecule has 5 fully saturated rings. The first kappa shape index (κ1) is 17.3. The number of aliphatic hydroxyl groups excluding tert-OH is 1. The van der Waals surface area contributed by atoms with Gasteiger partial charge in [0.05, 0.1) is 24.7 Å². The van der Waals surface area contributed by atoms with Crippen LogP contribution in [0.15, 0.2) is 12.2 Å². The highest BCUT2D eigenvalue weighted by molar-refractivity contribution is 5.98. The number of rotatable bonds is 3. The number of hydrogen-bond acceptors (Lipinski definition) is 7. The zero-order chi connectivity index (χ0) is 18.1. The molecule has 26 heavy (non-hydrogen) atoms. The van der Waals surface area contributed by atoms with Crippen LogP contribution < -0.4 is 0 Å². The predicted molar refractivity (Wildman–Crippen MR) is 87.9 cm³/mol. The molecular formula is C19H26O7. The van der Waals surface area contributed by atoms with Crippen molar-refractivity contribution >= 4 is 5.78 Å². The fraction of sp³-hybridized carbons (Fsp3) is 0.842. The number of carbonyl (C=O) groups excluding carboxylic acids is 1. The minimum Gasteiger partial charge on any atom is -0.390 e. The quantitative estimate of drug-likeness (QED) is 0.757. The number of hydrogen-bond donors (Lipinski definition) is 1. The third-order valence-electron chi connectivity index (χ3n) is 6.53. The van der Waals surface area contributed by atoms with Crippen molar-refractivity contribution in [1.29, 1.82) is 0 Å². The van der Waals surface area contributed by atoms with E-state index in [9.17, 15) is 9.90 Å². The molecule has 7 nitrogen and oxygen atoms in total. The maximum atomic E-state index is 12.8. The summed E-state index contributed by atoms with van der Waals surface area (Å²) in [5.74, 6) is -2.01. The fourth-order valence-electron chi connectivity index (χ4n) is 4.67. The zero-order valence-electron chi connectivity index (χ0n) is 15.0. The van der Waals surface area contributed by atoms with Crippen LogP contribution in [0.4, 0.5) is 0 Å². The van der Waals surface area contributed by atoms with Gasteiger partial charge in [-0.05, 0) is 25.3 Å². The van der Waals surface area contributed by atoms with Crippen LogP contribution in [0.2, 0.25) is 0 Å². The Balaban J connectivity index is 1.42. The van der Waals surface area contributed by atoms with Crippen LogP contribution in [-0.2, 0) is 28.5 Å². The Hall–Kier alpha value is -0.830. The Labute approximate surface area is 152 Å². The highest BCUT2D eigenvalue weighted by Crippen LogP contribution is 2.50. The van der Waals surface area contributed by atoms with Crippen molar-refractivity contribution in [2.45, 2.75) is 87.7 Å². The topological polar surface area (TPSA) is 83.5 Å². The minimum atomic E-state index is -0.925. The van der Waals surface area contributed by atoms with Gasteiger partial charge in [-0.2, -0.15) is 0 Å². The van der Waals surface area contributed by atoms with Crippen molar-refractivity contribution < 1.29 is 33.6 Å². The molecule has 6 atom stereocenters. The van der Waals surface area contributed by atoms with Gasteiger partial charge in [-0.25, -0.2) is 0 Å². The molecule has 2 spiro atoms. The van der Waals surface area contributed by atoms with Crippen molar-refractivity contribution in [1.82, 2.24) is 0 Å². The van der Waals surface area contributed by atoms with Crippen molar-refractivity contribution in [2.24, 2.45) is 5.92 Å². The first-order valence-electron chi connectivity index (χ1n) is 9.63. The lowest BCUT2D eigenvalue weighted by Crippen LogP contribution is -2.59. The minimum absolute atomic E-state index is 0.233. The summed E-state index contributed by atoms with van der Waals surface area (Å²) in [7, 11) is 0. The van der Waals surface area contributed by atoms with Crippen LogP contribution in [0, 0.1) is 5.92 Å². The largest absolute Gasteiger partial charge is 0.390 e. The summed E-state index contributed by atoms with van der Waals surface area (Å²) in [6.07, 6.45) is 1.79. The van der Waals surface area contributed by atoms with Crippen LogP contribution in [0.3, 0.4) is 0 Å². The summed E-state index contributed by atoms with van der Waals surface area (Å²) in [4.78, 5) is 12.8. The molecule has 0 aromatic carbocycles. The average Bonchev–Trinajstić information content (AvgIpc) is 3.15. The van der Waals surface area contributed by atoms with E-state index in [-0.39, 0.29) is 5.78 Å². The molecule has 5 rings (SSSR count). The number of aliphatic hydroxyl groups is 1. The van der Waals surface area contributed by atoms with E-state index < -0.39 is 48.2 Å². The van der Waals surface area contributed by atoms with E-state index in [1.807, 2.05) is 0 Å². The van der Waals surface area contributed by atoms with Crippen LogP contribution >= 0.6 is 0 Å². The van der Waals surface area contributed by atoms with Crippen LogP contribution in [0.5, 0.6) is 0 Å². The monoisotopic (exact) mass is 366 g/mol. The Bertz CT molecular complexity index is 623. The molecule has 5 aliphatic rings. The number of Topliss-reactive ketones (excluding diaryl/α,β-unsaturated/α-hetero) is 1. The number of ether oxygens (including phenoxy) is 5. The summed E-state index contributed by atoms with van der Waals surface area (Å²) in [6, 6.07) is 0. The SMILES string of the molecule is C=C(C)C(=O)C1O[C@H]2OC3(CCC3)O[C@@H]2[C@@H](O)[C@@H]1C1COC2(CCC2)O1. The van der Waals surface area contributed by atoms with Gasteiger partial charge < -0.3 is 28.8 Å². The molecule has 1 N–H and O–H groups in total. The van der Waals surface area contributed by atoms with E-state index in [1.54, 1.807) is 6.92 Å². The molecule has 2 aliphatic carbocycles.